The van der Waals surface area contributed by atoms with Crippen LogP contribution in [-0.4, -0.2) is 31.9 Å². The average Bonchev–Trinajstić information content (AvgIpc) is 2.41. The summed E-state index contributed by atoms with van der Waals surface area (Å²) in [7, 11) is 0. The molecule has 0 bridgehead atoms. The Hall–Kier alpha value is -2.83. The number of carboxylic acid groups (broad SMARTS) is 1. The molecule has 2 aromatic heterocycles. The molecule has 1 amide bonds. The third-order valence-electron chi connectivity index (χ3n) is 1.72. The molecule has 0 saturated heterocycles. The second kappa shape index (κ2) is 6.69. The molecule has 2 rings (SSSR count). The maximum absolute atomic E-state index is 10.3. The molecule has 0 aliphatic rings. The van der Waals surface area contributed by atoms with E-state index in [1.54, 1.807) is 12.1 Å². The summed E-state index contributed by atoms with van der Waals surface area (Å²) in [5.74, 6) is -1.52. The second-order valence-electron chi connectivity index (χ2n) is 2.98. The first-order valence-electron chi connectivity index (χ1n) is 4.81. The number of nitrogens with zero attached hydrogens (tertiary/aromatic N) is 3. The van der Waals surface area contributed by atoms with Crippen molar-refractivity contribution in [1.29, 1.82) is 0 Å². The number of pyridine rings is 1. The van der Waals surface area contributed by atoms with Gasteiger partial charge in [0.2, 0.25) is 0 Å². The highest BCUT2D eigenvalue weighted by molar-refractivity contribution is 5.90. The molecular formula is C11H10N4O3. The first kappa shape index (κ1) is 13.2. The summed E-state index contributed by atoms with van der Waals surface area (Å²) in [5.41, 5.74) is 5.21. The van der Waals surface area contributed by atoms with Gasteiger partial charge in [0, 0.05) is 12.4 Å². The van der Waals surface area contributed by atoms with Crippen LogP contribution >= 0.6 is 0 Å². The molecule has 7 heteroatoms. The van der Waals surface area contributed by atoms with Crippen molar-refractivity contribution in [1.82, 2.24) is 15.0 Å². The number of carboxylic acids is 1. The van der Waals surface area contributed by atoms with Crippen molar-refractivity contribution >= 4 is 11.9 Å². The molecule has 18 heavy (non-hydrogen) atoms. The molecule has 0 spiro atoms. The number of carbonyl (C=O) groups is 2. The minimum Gasteiger partial charge on any atom is -0.477 e. The van der Waals surface area contributed by atoms with Crippen LogP contribution < -0.4 is 5.73 Å². The second-order valence-corrected chi connectivity index (χ2v) is 2.98. The van der Waals surface area contributed by atoms with E-state index < -0.39 is 11.9 Å². The molecule has 0 radical (unpaired) electrons. The quantitative estimate of drug-likeness (QED) is 0.789. The predicted molar refractivity (Wildman–Crippen MR) is 61.7 cm³/mol. The van der Waals surface area contributed by atoms with Gasteiger partial charge in [-0.2, -0.15) is 0 Å². The van der Waals surface area contributed by atoms with Gasteiger partial charge in [-0.1, -0.05) is 6.07 Å². The van der Waals surface area contributed by atoms with Gasteiger partial charge in [-0.05, 0) is 18.2 Å². The van der Waals surface area contributed by atoms with Crippen LogP contribution in [0.3, 0.4) is 0 Å². The lowest BCUT2D eigenvalue weighted by Crippen LogP contribution is -2.12. The Balaban J connectivity index is 0.000000180. The molecule has 0 unspecified atom stereocenters. The fourth-order valence-corrected chi connectivity index (χ4v) is 0.926. The summed E-state index contributed by atoms with van der Waals surface area (Å²) < 4.78 is 0. The van der Waals surface area contributed by atoms with Crippen LogP contribution in [0.25, 0.3) is 0 Å². The molecule has 0 fully saturated rings. The Bertz CT molecular complexity index is 467. The summed E-state index contributed by atoms with van der Waals surface area (Å²) in [6, 6.07) is 6.22. The number of carbonyl (C=O) groups excluding carboxylic acids is 1. The lowest BCUT2D eigenvalue weighted by molar-refractivity contribution is 0.0690. The molecule has 3 N–H and O–H groups in total. The number of rotatable bonds is 2. The minimum absolute atomic E-state index is 0.0810. The largest absolute Gasteiger partial charge is 0.477 e. The fourth-order valence-electron chi connectivity index (χ4n) is 0.926. The monoisotopic (exact) mass is 246 g/mol. The highest BCUT2D eigenvalue weighted by Crippen LogP contribution is 1.90. The summed E-state index contributed by atoms with van der Waals surface area (Å²) in [6.45, 7) is 0. The maximum atomic E-state index is 10.3. The third kappa shape index (κ3) is 4.35. The standard InChI is InChI=1S/C6H5NO2.C5H5N3O/c8-6(9)5-3-1-2-4-7-5;6-5(9)4-1-2-7-3-8-4/h1-4H,(H,8,9);1-3H,(H2,6,9). The molecule has 7 nitrogen and oxygen atoms in total. The lowest BCUT2D eigenvalue weighted by atomic mass is 10.4. The topological polar surface area (TPSA) is 119 Å². The Kier molecular flexibility index (Phi) is 4.92. The van der Waals surface area contributed by atoms with Crippen molar-refractivity contribution in [2.75, 3.05) is 0 Å². The molecule has 0 saturated carbocycles. The Morgan fingerprint density at radius 1 is 1.06 bits per heavy atom. The SMILES string of the molecule is NC(=O)c1ccncn1.O=C(O)c1ccccn1. The van der Waals surface area contributed by atoms with Gasteiger partial charge < -0.3 is 10.8 Å². The van der Waals surface area contributed by atoms with Gasteiger partial charge in [0.05, 0.1) is 0 Å². The zero-order valence-electron chi connectivity index (χ0n) is 9.22. The van der Waals surface area contributed by atoms with E-state index in [0.717, 1.165) is 0 Å². The van der Waals surface area contributed by atoms with E-state index in [4.69, 9.17) is 10.8 Å². The van der Waals surface area contributed by atoms with Crippen LogP contribution in [0, 0.1) is 0 Å². The van der Waals surface area contributed by atoms with E-state index in [0.29, 0.717) is 0 Å². The summed E-state index contributed by atoms with van der Waals surface area (Å²) in [6.07, 6.45) is 4.19. The molecule has 2 heterocycles. The van der Waals surface area contributed by atoms with E-state index >= 15 is 0 Å². The van der Waals surface area contributed by atoms with Crippen molar-refractivity contribution in [3.8, 4) is 0 Å². The Morgan fingerprint density at radius 3 is 2.17 bits per heavy atom. The van der Waals surface area contributed by atoms with Gasteiger partial charge in [0.1, 0.15) is 17.7 Å². The van der Waals surface area contributed by atoms with Crippen molar-refractivity contribution in [2.24, 2.45) is 5.73 Å². The number of aromatic nitrogens is 3. The summed E-state index contributed by atoms with van der Waals surface area (Å²) >= 11 is 0. The third-order valence-corrected chi connectivity index (χ3v) is 1.72. The smallest absolute Gasteiger partial charge is 0.354 e. The van der Waals surface area contributed by atoms with Crippen LogP contribution in [0.4, 0.5) is 0 Å². The molecule has 0 aromatic carbocycles. The lowest BCUT2D eigenvalue weighted by Gasteiger charge is -1.87. The van der Waals surface area contributed by atoms with E-state index in [2.05, 4.69) is 15.0 Å². The van der Waals surface area contributed by atoms with Crippen LogP contribution in [-0.2, 0) is 0 Å². The van der Waals surface area contributed by atoms with Crippen molar-refractivity contribution in [3.63, 3.8) is 0 Å². The normalized spacial score (nSPS) is 8.89. The molecule has 0 atom stereocenters. The van der Waals surface area contributed by atoms with Gasteiger partial charge in [0.15, 0.2) is 0 Å². The Morgan fingerprint density at radius 2 is 1.83 bits per heavy atom. The summed E-state index contributed by atoms with van der Waals surface area (Å²) in [4.78, 5) is 31.3. The maximum Gasteiger partial charge on any atom is 0.354 e. The van der Waals surface area contributed by atoms with E-state index in [9.17, 15) is 9.59 Å². The van der Waals surface area contributed by atoms with Crippen LogP contribution in [0.5, 0.6) is 0 Å². The Labute approximate surface area is 102 Å². The average molecular weight is 246 g/mol. The number of amides is 1. The fraction of sp³-hybridized carbons (Fsp3) is 0. The van der Waals surface area contributed by atoms with Crippen molar-refractivity contribution in [3.05, 3.63) is 54.4 Å². The number of hydrogen-bond donors (Lipinski definition) is 2. The summed E-state index contributed by atoms with van der Waals surface area (Å²) in [5, 5.41) is 8.32. The van der Waals surface area contributed by atoms with Gasteiger partial charge >= 0.3 is 5.97 Å². The zero-order chi connectivity index (χ0) is 13.4. The van der Waals surface area contributed by atoms with Gasteiger partial charge in [-0.3, -0.25) is 4.79 Å². The van der Waals surface area contributed by atoms with Gasteiger partial charge in [0.25, 0.3) is 5.91 Å². The van der Waals surface area contributed by atoms with E-state index in [-0.39, 0.29) is 11.4 Å². The molecular weight excluding hydrogens is 236 g/mol. The molecule has 0 aliphatic carbocycles. The zero-order valence-corrected chi connectivity index (χ0v) is 9.22. The van der Waals surface area contributed by atoms with Crippen molar-refractivity contribution < 1.29 is 14.7 Å². The minimum atomic E-state index is -0.990. The van der Waals surface area contributed by atoms with E-state index in [1.165, 1.54) is 30.9 Å². The van der Waals surface area contributed by atoms with Crippen molar-refractivity contribution in [2.45, 2.75) is 0 Å². The van der Waals surface area contributed by atoms with Crippen LogP contribution in [0.15, 0.2) is 43.0 Å². The van der Waals surface area contributed by atoms with Gasteiger partial charge in [-0.25, -0.2) is 19.7 Å². The highest BCUT2D eigenvalue weighted by atomic mass is 16.4. The van der Waals surface area contributed by atoms with Crippen LogP contribution in [0.1, 0.15) is 21.0 Å². The highest BCUT2D eigenvalue weighted by Gasteiger charge is 1.99. The predicted octanol–water partition coefficient (Wildman–Crippen LogP) is 0.355. The number of hydrogen-bond acceptors (Lipinski definition) is 5. The number of aromatic carboxylic acids is 1. The van der Waals surface area contributed by atoms with Crippen LogP contribution in [0.2, 0.25) is 0 Å². The number of nitrogens with two attached hydrogens (primary N) is 1. The van der Waals surface area contributed by atoms with E-state index in [1.807, 2.05) is 0 Å². The molecule has 2 aromatic rings. The molecule has 0 aliphatic heterocycles. The first-order valence-corrected chi connectivity index (χ1v) is 4.81. The number of primary amides is 1. The molecule has 92 valence electrons. The van der Waals surface area contributed by atoms with Gasteiger partial charge in [-0.15, -0.1) is 0 Å². The first-order chi connectivity index (χ1) is 8.61.